The SMILES string of the molecule is CC(C)=CCC1CC1. The van der Waals surface area contributed by atoms with Gasteiger partial charge in [0.2, 0.25) is 0 Å². The number of rotatable bonds is 2. The van der Waals surface area contributed by atoms with Gasteiger partial charge in [-0.3, -0.25) is 0 Å². The molecule has 1 fully saturated rings. The second kappa shape index (κ2) is 2.34. The molecule has 0 saturated heterocycles. The van der Waals surface area contributed by atoms with E-state index in [-0.39, 0.29) is 0 Å². The van der Waals surface area contributed by atoms with Gasteiger partial charge >= 0.3 is 0 Å². The molecule has 1 aliphatic carbocycles. The Morgan fingerprint density at radius 1 is 1.50 bits per heavy atom. The highest BCUT2D eigenvalue weighted by Crippen LogP contribution is 2.32. The van der Waals surface area contributed by atoms with Crippen LogP contribution in [0.5, 0.6) is 0 Å². The molecule has 0 aromatic heterocycles. The zero-order valence-corrected chi connectivity index (χ0v) is 5.78. The summed E-state index contributed by atoms with van der Waals surface area (Å²) in [6.45, 7) is 4.34. The predicted molar refractivity (Wildman–Crippen MR) is 36.8 cm³/mol. The first kappa shape index (κ1) is 5.87. The molecule has 0 N–H and O–H groups in total. The molecule has 0 nitrogen and oxygen atoms in total. The van der Waals surface area contributed by atoms with Crippen molar-refractivity contribution in [2.24, 2.45) is 5.92 Å². The Labute approximate surface area is 51.6 Å². The van der Waals surface area contributed by atoms with E-state index in [1.807, 2.05) is 0 Å². The van der Waals surface area contributed by atoms with Crippen LogP contribution in [0.2, 0.25) is 0 Å². The fraction of sp³-hybridized carbons (Fsp3) is 0.750. The molecule has 0 aromatic rings. The van der Waals surface area contributed by atoms with E-state index in [9.17, 15) is 0 Å². The maximum Gasteiger partial charge on any atom is -0.0320 e. The average molecular weight is 110 g/mol. The van der Waals surface area contributed by atoms with Crippen molar-refractivity contribution < 1.29 is 0 Å². The summed E-state index contributed by atoms with van der Waals surface area (Å²) in [7, 11) is 0. The van der Waals surface area contributed by atoms with Crippen molar-refractivity contribution in [3.63, 3.8) is 0 Å². The summed E-state index contributed by atoms with van der Waals surface area (Å²) < 4.78 is 0. The van der Waals surface area contributed by atoms with Crippen LogP contribution in [-0.2, 0) is 0 Å². The third kappa shape index (κ3) is 2.15. The molecule has 1 rings (SSSR count). The van der Waals surface area contributed by atoms with Gasteiger partial charge in [-0.2, -0.15) is 0 Å². The Morgan fingerprint density at radius 3 is 2.50 bits per heavy atom. The Balaban J connectivity index is 2.10. The molecule has 46 valence electrons. The van der Waals surface area contributed by atoms with Crippen LogP contribution in [0.15, 0.2) is 11.6 Å². The van der Waals surface area contributed by atoms with Gasteiger partial charge in [-0.1, -0.05) is 11.6 Å². The van der Waals surface area contributed by atoms with Gasteiger partial charge in [-0.25, -0.2) is 0 Å². The van der Waals surface area contributed by atoms with E-state index in [0.717, 1.165) is 5.92 Å². The van der Waals surface area contributed by atoms with Crippen LogP contribution in [0.4, 0.5) is 0 Å². The van der Waals surface area contributed by atoms with Gasteiger partial charge in [0.05, 0.1) is 0 Å². The van der Waals surface area contributed by atoms with Crippen LogP contribution in [0.25, 0.3) is 0 Å². The first-order valence-electron chi connectivity index (χ1n) is 3.42. The summed E-state index contributed by atoms with van der Waals surface area (Å²) in [4.78, 5) is 0. The molecule has 0 aromatic carbocycles. The molecule has 0 bridgehead atoms. The van der Waals surface area contributed by atoms with E-state index in [0.29, 0.717) is 0 Å². The van der Waals surface area contributed by atoms with Crippen molar-refractivity contribution in [2.75, 3.05) is 0 Å². The number of hydrogen-bond acceptors (Lipinski definition) is 0. The van der Waals surface area contributed by atoms with Gasteiger partial charge < -0.3 is 0 Å². The van der Waals surface area contributed by atoms with E-state index in [2.05, 4.69) is 19.9 Å². The van der Waals surface area contributed by atoms with Crippen molar-refractivity contribution in [1.82, 2.24) is 0 Å². The molecule has 0 spiro atoms. The third-order valence-corrected chi connectivity index (χ3v) is 1.56. The maximum absolute atomic E-state index is 2.34. The molecule has 0 aliphatic heterocycles. The van der Waals surface area contributed by atoms with E-state index in [4.69, 9.17) is 0 Å². The quantitative estimate of drug-likeness (QED) is 0.479. The molecule has 1 aliphatic rings. The van der Waals surface area contributed by atoms with Crippen molar-refractivity contribution >= 4 is 0 Å². The Hall–Kier alpha value is -0.260. The van der Waals surface area contributed by atoms with Crippen molar-refractivity contribution in [1.29, 1.82) is 0 Å². The average Bonchev–Trinajstić information content (AvgIpc) is 2.41. The highest BCUT2D eigenvalue weighted by atomic mass is 14.2. The van der Waals surface area contributed by atoms with Crippen LogP contribution < -0.4 is 0 Å². The molecule has 0 atom stereocenters. The summed E-state index contributed by atoms with van der Waals surface area (Å²) in [5, 5.41) is 0. The Bertz CT molecular complexity index is 92.6. The fourth-order valence-electron chi connectivity index (χ4n) is 0.756. The molecular formula is C8H14. The van der Waals surface area contributed by atoms with Crippen molar-refractivity contribution in [2.45, 2.75) is 33.1 Å². The largest absolute Gasteiger partial charge is 0.0856 e. The van der Waals surface area contributed by atoms with Gasteiger partial charge in [0.15, 0.2) is 0 Å². The lowest BCUT2D eigenvalue weighted by Gasteiger charge is -1.87. The number of allylic oxidation sites excluding steroid dienone is 2. The van der Waals surface area contributed by atoms with Crippen LogP contribution in [0, 0.1) is 5.92 Å². The zero-order chi connectivity index (χ0) is 5.98. The topological polar surface area (TPSA) is 0 Å². The lowest BCUT2D eigenvalue weighted by molar-refractivity contribution is 0.856. The summed E-state index contributed by atoms with van der Waals surface area (Å²) >= 11 is 0. The third-order valence-electron chi connectivity index (χ3n) is 1.56. The normalized spacial score (nSPS) is 18.2. The minimum absolute atomic E-state index is 1.06. The maximum atomic E-state index is 2.34. The highest BCUT2D eigenvalue weighted by Gasteiger charge is 2.18. The van der Waals surface area contributed by atoms with Gasteiger partial charge in [0.25, 0.3) is 0 Å². The van der Waals surface area contributed by atoms with Gasteiger partial charge in [-0.05, 0) is 39.0 Å². The summed E-state index contributed by atoms with van der Waals surface area (Å²) in [6.07, 6.45) is 6.63. The molecular weight excluding hydrogens is 96.1 g/mol. The first-order chi connectivity index (χ1) is 3.79. The molecule has 0 unspecified atom stereocenters. The van der Waals surface area contributed by atoms with E-state index in [1.165, 1.54) is 24.8 Å². The lowest BCUT2D eigenvalue weighted by Crippen LogP contribution is -1.70. The Kier molecular flexibility index (Phi) is 1.72. The number of hydrogen-bond donors (Lipinski definition) is 0. The van der Waals surface area contributed by atoms with E-state index >= 15 is 0 Å². The monoisotopic (exact) mass is 110 g/mol. The summed E-state index contributed by atoms with van der Waals surface area (Å²) in [5.41, 5.74) is 1.47. The van der Waals surface area contributed by atoms with E-state index < -0.39 is 0 Å². The molecule has 8 heavy (non-hydrogen) atoms. The smallest absolute Gasteiger partial charge is 0.0320 e. The van der Waals surface area contributed by atoms with Crippen molar-refractivity contribution in [3.8, 4) is 0 Å². The van der Waals surface area contributed by atoms with Gasteiger partial charge in [0.1, 0.15) is 0 Å². The zero-order valence-electron chi connectivity index (χ0n) is 5.78. The Morgan fingerprint density at radius 2 is 2.12 bits per heavy atom. The molecule has 0 heterocycles. The predicted octanol–water partition coefficient (Wildman–Crippen LogP) is 2.75. The molecule has 0 amide bonds. The van der Waals surface area contributed by atoms with Crippen LogP contribution >= 0.6 is 0 Å². The molecule has 0 heteroatoms. The van der Waals surface area contributed by atoms with Crippen LogP contribution in [-0.4, -0.2) is 0 Å². The molecule has 1 saturated carbocycles. The highest BCUT2D eigenvalue weighted by molar-refractivity contribution is 4.96. The van der Waals surface area contributed by atoms with Crippen LogP contribution in [0.3, 0.4) is 0 Å². The first-order valence-corrected chi connectivity index (χ1v) is 3.42. The summed E-state index contributed by atoms with van der Waals surface area (Å²) in [6, 6.07) is 0. The lowest BCUT2D eigenvalue weighted by atomic mass is 10.2. The van der Waals surface area contributed by atoms with Gasteiger partial charge in [0, 0.05) is 0 Å². The second-order valence-electron chi connectivity index (χ2n) is 2.96. The van der Waals surface area contributed by atoms with Crippen molar-refractivity contribution in [3.05, 3.63) is 11.6 Å². The molecule has 0 radical (unpaired) electrons. The second-order valence-corrected chi connectivity index (χ2v) is 2.96. The standard InChI is InChI=1S/C8H14/c1-7(2)3-4-8-5-6-8/h3,8H,4-6H2,1-2H3. The summed E-state index contributed by atoms with van der Waals surface area (Å²) in [5.74, 6) is 1.06. The fourth-order valence-corrected chi connectivity index (χ4v) is 0.756. The van der Waals surface area contributed by atoms with Gasteiger partial charge in [-0.15, -0.1) is 0 Å². The minimum atomic E-state index is 1.06. The van der Waals surface area contributed by atoms with E-state index in [1.54, 1.807) is 0 Å². The minimum Gasteiger partial charge on any atom is -0.0856 e. The van der Waals surface area contributed by atoms with Crippen LogP contribution in [0.1, 0.15) is 33.1 Å².